The average Bonchev–Trinajstić information content (AvgIpc) is 2.61. The fourth-order valence-corrected chi connectivity index (χ4v) is 2.71. The van der Waals surface area contributed by atoms with E-state index in [0.29, 0.717) is 12.8 Å². The van der Waals surface area contributed by atoms with Crippen LogP contribution in [0.4, 0.5) is 18.9 Å². The van der Waals surface area contributed by atoms with Gasteiger partial charge in [-0.1, -0.05) is 37.8 Å². The maximum atomic E-state index is 12.9. The van der Waals surface area contributed by atoms with Gasteiger partial charge in [0.1, 0.15) is 0 Å². The molecule has 0 unspecified atom stereocenters. The summed E-state index contributed by atoms with van der Waals surface area (Å²) in [5.41, 5.74) is -1.54. The summed E-state index contributed by atoms with van der Waals surface area (Å²) in [5, 5.41) is 13.3. The van der Waals surface area contributed by atoms with Crippen molar-refractivity contribution in [1.29, 1.82) is 0 Å². The van der Waals surface area contributed by atoms with Gasteiger partial charge in [-0.25, -0.2) is 0 Å². The van der Waals surface area contributed by atoms with E-state index in [0.717, 1.165) is 31.7 Å². The van der Waals surface area contributed by atoms with Crippen molar-refractivity contribution in [2.24, 2.45) is 0 Å². The minimum absolute atomic E-state index is 0.0395. The van der Waals surface area contributed by atoms with Crippen molar-refractivity contribution in [3.8, 4) is 0 Å². The van der Waals surface area contributed by atoms with E-state index in [9.17, 15) is 18.3 Å². The SMILES string of the molecule is OC1(CNc2ccccc2C(F)(F)F)CCCCCC1. The summed E-state index contributed by atoms with van der Waals surface area (Å²) in [6.07, 6.45) is 0.944. The number of rotatable bonds is 3. The smallest absolute Gasteiger partial charge is 0.388 e. The van der Waals surface area contributed by atoms with E-state index < -0.39 is 17.3 Å². The van der Waals surface area contributed by atoms with Crippen molar-refractivity contribution in [3.63, 3.8) is 0 Å². The first-order valence-corrected chi connectivity index (χ1v) is 7.03. The molecule has 2 N–H and O–H groups in total. The molecule has 0 amide bonds. The van der Waals surface area contributed by atoms with Crippen LogP contribution >= 0.6 is 0 Å². The molecule has 2 nitrogen and oxygen atoms in total. The third kappa shape index (κ3) is 3.88. The zero-order valence-corrected chi connectivity index (χ0v) is 11.3. The molecule has 1 aliphatic rings. The molecule has 5 heteroatoms. The Morgan fingerprint density at radius 3 is 2.25 bits per heavy atom. The summed E-state index contributed by atoms with van der Waals surface area (Å²) in [5.74, 6) is 0. The van der Waals surface area contributed by atoms with Crippen molar-refractivity contribution in [1.82, 2.24) is 0 Å². The zero-order valence-electron chi connectivity index (χ0n) is 11.3. The molecule has 1 fully saturated rings. The Kier molecular flexibility index (Phi) is 4.58. The van der Waals surface area contributed by atoms with Gasteiger partial charge in [0, 0.05) is 12.2 Å². The molecule has 1 aromatic carbocycles. The van der Waals surface area contributed by atoms with Gasteiger partial charge in [-0.15, -0.1) is 0 Å². The van der Waals surface area contributed by atoms with Gasteiger partial charge in [0.05, 0.1) is 11.2 Å². The second-order valence-corrected chi connectivity index (χ2v) is 5.54. The molecule has 0 spiro atoms. The topological polar surface area (TPSA) is 32.3 Å². The maximum absolute atomic E-state index is 12.9. The van der Waals surface area contributed by atoms with E-state index >= 15 is 0 Å². The summed E-state index contributed by atoms with van der Waals surface area (Å²) in [6, 6.07) is 5.39. The lowest BCUT2D eigenvalue weighted by atomic mass is 9.94. The quantitative estimate of drug-likeness (QED) is 0.816. The van der Waals surface area contributed by atoms with Crippen LogP contribution in [0.2, 0.25) is 0 Å². The lowest BCUT2D eigenvalue weighted by Crippen LogP contribution is -2.36. The van der Waals surface area contributed by atoms with Crippen LogP contribution in [0.3, 0.4) is 0 Å². The van der Waals surface area contributed by atoms with Crippen molar-refractivity contribution in [2.45, 2.75) is 50.3 Å². The van der Waals surface area contributed by atoms with Gasteiger partial charge in [-0.3, -0.25) is 0 Å². The number of para-hydroxylation sites is 1. The second kappa shape index (κ2) is 6.04. The predicted molar refractivity (Wildman–Crippen MR) is 72.6 cm³/mol. The van der Waals surface area contributed by atoms with Crippen molar-refractivity contribution in [2.75, 3.05) is 11.9 Å². The molecule has 0 radical (unpaired) electrons. The number of aliphatic hydroxyl groups is 1. The van der Waals surface area contributed by atoms with E-state index in [1.54, 1.807) is 6.07 Å². The van der Waals surface area contributed by atoms with Gasteiger partial charge in [-0.05, 0) is 25.0 Å². The first-order chi connectivity index (χ1) is 9.41. The van der Waals surface area contributed by atoms with Crippen LogP contribution < -0.4 is 5.32 Å². The van der Waals surface area contributed by atoms with Gasteiger partial charge < -0.3 is 10.4 Å². The van der Waals surface area contributed by atoms with Crippen LogP contribution in [0.1, 0.15) is 44.1 Å². The Labute approximate surface area is 117 Å². The summed E-state index contributed by atoms with van der Waals surface area (Å²) in [6.45, 7) is 0.167. The third-order valence-electron chi connectivity index (χ3n) is 3.87. The van der Waals surface area contributed by atoms with Crippen LogP contribution in [0, 0.1) is 0 Å². The molecule has 1 saturated carbocycles. The Hall–Kier alpha value is -1.23. The Morgan fingerprint density at radius 2 is 1.65 bits per heavy atom. The molecule has 112 valence electrons. The highest BCUT2D eigenvalue weighted by atomic mass is 19.4. The average molecular weight is 287 g/mol. The number of benzene rings is 1. The summed E-state index contributed by atoms with van der Waals surface area (Å²) < 4.78 is 38.6. The van der Waals surface area contributed by atoms with E-state index in [2.05, 4.69) is 5.32 Å². The molecule has 0 heterocycles. The Morgan fingerprint density at radius 1 is 1.05 bits per heavy atom. The Balaban J connectivity index is 2.07. The van der Waals surface area contributed by atoms with Crippen LogP contribution in [0.15, 0.2) is 24.3 Å². The number of alkyl halides is 3. The molecule has 0 saturated heterocycles. The van der Waals surface area contributed by atoms with Crippen LogP contribution in [0.5, 0.6) is 0 Å². The molecule has 0 aromatic heterocycles. The van der Waals surface area contributed by atoms with E-state index in [-0.39, 0.29) is 12.2 Å². The number of hydrogen-bond acceptors (Lipinski definition) is 2. The van der Waals surface area contributed by atoms with Crippen LogP contribution in [-0.2, 0) is 6.18 Å². The normalized spacial score (nSPS) is 19.4. The molecular formula is C15H20F3NO. The minimum atomic E-state index is -4.38. The first-order valence-electron chi connectivity index (χ1n) is 7.03. The van der Waals surface area contributed by atoms with E-state index in [1.807, 2.05) is 0 Å². The van der Waals surface area contributed by atoms with E-state index in [1.165, 1.54) is 12.1 Å². The largest absolute Gasteiger partial charge is 0.418 e. The summed E-state index contributed by atoms with van der Waals surface area (Å²) in [4.78, 5) is 0. The molecule has 0 bridgehead atoms. The zero-order chi connectivity index (χ0) is 14.6. The lowest BCUT2D eigenvalue weighted by molar-refractivity contribution is -0.137. The van der Waals surface area contributed by atoms with Gasteiger partial charge in [0.25, 0.3) is 0 Å². The molecule has 1 aliphatic carbocycles. The molecule has 1 aromatic rings. The Bertz CT molecular complexity index is 437. The van der Waals surface area contributed by atoms with Gasteiger partial charge in [0.15, 0.2) is 0 Å². The molecule has 2 rings (SSSR count). The molecule has 20 heavy (non-hydrogen) atoms. The van der Waals surface area contributed by atoms with Gasteiger partial charge >= 0.3 is 6.18 Å². The van der Waals surface area contributed by atoms with Crippen LogP contribution in [0.25, 0.3) is 0 Å². The van der Waals surface area contributed by atoms with Crippen molar-refractivity contribution >= 4 is 5.69 Å². The number of nitrogens with one attached hydrogen (secondary N) is 1. The maximum Gasteiger partial charge on any atom is 0.418 e. The highest BCUT2D eigenvalue weighted by molar-refractivity contribution is 5.52. The number of anilines is 1. The molecular weight excluding hydrogens is 267 g/mol. The predicted octanol–water partition coefficient (Wildman–Crippen LogP) is 4.20. The van der Waals surface area contributed by atoms with Crippen molar-refractivity contribution < 1.29 is 18.3 Å². The van der Waals surface area contributed by atoms with Gasteiger partial charge in [0.2, 0.25) is 0 Å². The number of halogens is 3. The number of hydrogen-bond donors (Lipinski definition) is 2. The highest BCUT2D eigenvalue weighted by Crippen LogP contribution is 2.35. The fourth-order valence-electron chi connectivity index (χ4n) is 2.71. The fraction of sp³-hybridized carbons (Fsp3) is 0.600. The molecule has 0 atom stereocenters. The monoisotopic (exact) mass is 287 g/mol. The third-order valence-corrected chi connectivity index (χ3v) is 3.87. The highest BCUT2D eigenvalue weighted by Gasteiger charge is 2.34. The van der Waals surface area contributed by atoms with Crippen LogP contribution in [-0.4, -0.2) is 17.3 Å². The van der Waals surface area contributed by atoms with E-state index in [4.69, 9.17) is 0 Å². The summed E-state index contributed by atoms with van der Waals surface area (Å²) in [7, 11) is 0. The van der Waals surface area contributed by atoms with Crippen molar-refractivity contribution in [3.05, 3.63) is 29.8 Å². The van der Waals surface area contributed by atoms with Gasteiger partial charge in [-0.2, -0.15) is 13.2 Å². The molecule has 0 aliphatic heterocycles. The minimum Gasteiger partial charge on any atom is -0.388 e. The first kappa shape index (κ1) is 15.2. The summed E-state index contributed by atoms with van der Waals surface area (Å²) >= 11 is 0. The second-order valence-electron chi connectivity index (χ2n) is 5.54. The standard InChI is InChI=1S/C15H20F3NO/c16-15(17,18)12-7-3-4-8-13(12)19-11-14(20)9-5-1-2-6-10-14/h3-4,7-8,19-20H,1-2,5-6,9-11H2. The lowest BCUT2D eigenvalue weighted by Gasteiger charge is -2.28.